The Morgan fingerprint density at radius 3 is 2.94 bits per heavy atom. The fraction of sp³-hybridized carbons (Fsp3) is 0.786. The zero-order chi connectivity index (χ0) is 11.8. The van der Waals surface area contributed by atoms with Crippen molar-refractivity contribution >= 4 is 0 Å². The van der Waals surface area contributed by atoms with Crippen LogP contribution in [0.2, 0.25) is 0 Å². The second kappa shape index (κ2) is 4.45. The van der Waals surface area contributed by atoms with Crippen LogP contribution in [0.1, 0.15) is 37.9 Å². The minimum absolute atomic E-state index is 0.292. The molecular formula is C14H23N3. The first-order chi connectivity index (χ1) is 8.22. The largest absolute Gasteiger partial charge is 0.338 e. The quantitative estimate of drug-likeness (QED) is 0.865. The zero-order valence-electron chi connectivity index (χ0n) is 10.7. The molecule has 4 unspecified atom stereocenters. The summed E-state index contributed by atoms with van der Waals surface area (Å²) < 4.78 is 2.08. The van der Waals surface area contributed by atoms with Gasteiger partial charge in [-0.2, -0.15) is 0 Å². The third kappa shape index (κ3) is 2.25. The van der Waals surface area contributed by atoms with Gasteiger partial charge >= 0.3 is 0 Å². The van der Waals surface area contributed by atoms with Gasteiger partial charge in [0.25, 0.3) is 0 Å². The summed E-state index contributed by atoms with van der Waals surface area (Å²) in [6.07, 6.45) is 11.9. The van der Waals surface area contributed by atoms with E-state index in [1.807, 2.05) is 19.4 Å². The minimum atomic E-state index is 0.292. The zero-order valence-corrected chi connectivity index (χ0v) is 10.7. The average Bonchev–Trinajstić information content (AvgIpc) is 2.96. The van der Waals surface area contributed by atoms with Crippen LogP contribution in [0.15, 0.2) is 12.4 Å². The van der Waals surface area contributed by atoms with E-state index in [4.69, 9.17) is 5.73 Å². The maximum atomic E-state index is 6.29. The van der Waals surface area contributed by atoms with Crippen LogP contribution in [-0.2, 0) is 13.5 Å². The van der Waals surface area contributed by atoms with Crippen molar-refractivity contribution in [3.8, 4) is 0 Å². The van der Waals surface area contributed by atoms with Crippen molar-refractivity contribution < 1.29 is 0 Å². The van der Waals surface area contributed by atoms with Crippen LogP contribution in [-0.4, -0.2) is 15.6 Å². The lowest BCUT2D eigenvalue weighted by atomic mass is 9.84. The van der Waals surface area contributed by atoms with Gasteiger partial charge in [-0.15, -0.1) is 0 Å². The second-order valence-corrected chi connectivity index (χ2v) is 6.09. The molecule has 1 aromatic heterocycles. The molecule has 2 fully saturated rings. The SMILES string of the molecule is Cn1ccnc1CC(N)CC1CC2CCC1C2. The lowest BCUT2D eigenvalue weighted by molar-refractivity contribution is 0.293. The van der Waals surface area contributed by atoms with Gasteiger partial charge < -0.3 is 10.3 Å². The summed E-state index contributed by atoms with van der Waals surface area (Å²) in [4.78, 5) is 4.36. The Labute approximate surface area is 103 Å². The monoisotopic (exact) mass is 233 g/mol. The molecule has 2 aliphatic rings. The Morgan fingerprint density at radius 1 is 1.47 bits per heavy atom. The van der Waals surface area contributed by atoms with E-state index in [0.29, 0.717) is 6.04 Å². The number of imidazole rings is 1. The van der Waals surface area contributed by atoms with Gasteiger partial charge in [0, 0.05) is 31.9 Å². The van der Waals surface area contributed by atoms with E-state index in [2.05, 4.69) is 9.55 Å². The molecule has 2 saturated carbocycles. The fourth-order valence-corrected chi connectivity index (χ4v) is 3.97. The molecule has 3 nitrogen and oxygen atoms in total. The Morgan fingerprint density at radius 2 is 2.35 bits per heavy atom. The molecule has 2 aliphatic carbocycles. The fourth-order valence-electron chi connectivity index (χ4n) is 3.97. The molecule has 0 aromatic carbocycles. The van der Waals surface area contributed by atoms with Crippen LogP contribution in [0.25, 0.3) is 0 Å². The molecule has 1 aromatic rings. The molecule has 0 aliphatic heterocycles. The molecule has 2 N–H and O–H groups in total. The molecule has 4 atom stereocenters. The average molecular weight is 233 g/mol. The third-order valence-corrected chi connectivity index (χ3v) is 4.86. The standard InChI is InChI=1S/C14H23N3/c1-17-5-4-16-14(17)9-13(15)8-12-7-10-2-3-11(12)6-10/h4-5,10-13H,2-3,6-9,15H2,1H3. The number of fused-ring (bicyclic) bond motifs is 2. The maximum absolute atomic E-state index is 6.29. The normalized spacial score (nSPS) is 33.2. The topological polar surface area (TPSA) is 43.8 Å². The molecule has 0 amide bonds. The van der Waals surface area contributed by atoms with E-state index in [9.17, 15) is 0 Å². The number of nitrogens with zero attached hydrogens (tertiary/aromatic N) is 2. The maximum Gasteiger partial charge on any atom is 0.109 e. The Hall–Kier alpha value is -0.830. The molecule has 0 radical (unpaired) electrons. The lowest BCUT2D eigenvalue weighted by Crippen LogP contribution is -2.29. The number of hydrogen-bond acceptors (Lipinski definition) is 2. The van der Waals surface area contributed by atoms with Gasteiger partial charge in [-0.3, -0.25) is 0 Å². The highest BCUT2D eigenvalue weighted by Crippen LogP contribution is 2.49. The molecule has 0 saturated heterocycles. The van der Waals surface area contributed by atoms with E-state index in [-0.39, 0.29) is 0 Å². The van der Waals surface area contributed by atoms with Gasteiger partial charge in [0.15, 0.2) is 0 Å². The number of nitrogens with two attached hydrogens (primary N) is 1. The Kier molecular flexibility index (Phi) is 2.95. The first kappa shape index (κ1) is 11.3. The van der Waals surface area contributed by atoms with Gasteiger partial charge in [-0.05, 0) is 43.4 Å². The van der Waals surface area contributed by atoms with Crippen LogP contribution in [0.5, 0.6) is 0 Å². The summed E-state index contributed by atoms with van der Waals surface area (Å²) in [5.74, 6) is 4.06. The molecule has 3 heteroatoms. The van der Waals surface area contributed by atoms with Crippen LogP contribution in [0.3, 0.4) is 0 Å². The molecule has 94 valence electrons. The van der Waals surface area contributed by atoms with Crippen molar-refractivity contribution in [1.82, 2.24) is 9.55 Å². The molecule has 17 heavy (non-hydrogen) atoms. The molecule has 2 bridgehead atoms. The molecule has 3 rings (SSSR count). The summed E-state index contributed by atoms with van der Waals surface area (Å²) in [7, 11) is 2.05. The predicted octanol–water partition coefficient (Wildman–Crippen LogP) is 2.12. The smallest absolute Gasteiger partial charge is 0.109 e. The van der Waals surface area contributed by atoms with Crippen molar-refractivity contribution in [3.63, 3.8) is 0 Å². The second-order valence-electron chi connectivity index (χ2n) is 6.09. The number of aromatic nitrogens is 2. The van der Waals surface area contributed by atoms with Gasteiger partial charge in [0.05, 0.1) is 0 Å². The highest BCUT2D eigenvalue weighted by Gasteiger charge is 2.39. The van der Waals surface area contributed by atoms with Crippen molar-refractivity contribution in [1.29, 1.82) is 0 Å². The van der Waals surface area contributed by atoms with Crippen LogP contribution in [0, 0.1) is 17.8 Å². The van der Waals surface area contributed by atoms with E-state index < -0.39 is 0 Å². The highest BCUT2D eigenvalue weighted by atomic mass is 15.0. The highest BCUT2D eigenvalue weighted by molar-refractivity contribution is 4.96. The van der Waals surface area contributed by atoms with Gasteiger partial charge in [-0.25, -0.2) is 4.98 Å². The van der Waals surface area contributed by atoms with Gasteiger partial charge in [0.1, 0.15) is 5.82 Å². The van der Waals surface area contributed by atoms with Crippen molar-refractivity contribution in [2.75, 3.05) is 0 Å². The van der Waals surface area contributed by atoms with Crippen molar-refractivity contribution in [2.24, 2.45) is 30.5 Å². The van der Waals surface area contributed by atoms with Crippen molar-refractivity contribution in [2.45, 2.75) is 44.6 Å². The lowest BCUT2D eigenvalue weighted by Gasteiger charge is -2.24. The van der Waals surface area contributed by atoms with Gasteiger partial charge in [-0.1, -0.05) is 6.42 Å². The first-order valence-corrected chi connectivity index (χ1v) is 6.94. The van der Waals surface area contributed by atoms with Crippen LogP contribution < -0.4 is 5.73 Å². The van der Waals surface area contributed by atoms with E-state index in [0.717, 1.165) is 30.0 Å². The Bertz CT molecular complexity index is 385. The summed E-state index contributed by atoms with van der Waals surface area (Å²) in [5, 5.41) is 0. The summed E-state index contributed by atoms with van der Waals surface area (Å²) in [6, 6.07) is 0.292. The number of rotatable bonds is 4. The molecular weight excluding hydrogens is 210 g/mol. The summed E-state index contributed by atoms with van der Waals surface area (Å²) >= 11 is 0. The molecule has 0 spiro atoms. The van der Waals surface area contributed by atoms with Crippen molar-refractivity contribution in [3.05, 3.63) is 18.2 Å². The predicted molar refractivity (Wildman–Crippen MR) is 68.4 cm³/mol. The van der Waals surface area contributed by atoms with E-state index in [1.54, 1.807) is 0 Å². The minimum Gasteiger partial charge on any atom is -0.338 e. The third-order valence-electron chi connectivity index (χ3n) is 4.86. The number of aryl methyl sites for hydroxylation is 1. The summed E-state index contributed by atoms with van der Waals surface area (Å²) in [5.41, 5.74) is 6.29. The number of hydrogen-bond donors (Lipinski definition) is 1. The first-order valence-electron chi connectivity index (χ1n) is 6.94. The summed E-state index contributed by atoms with van der Waals surface area (Å²) in [6.45, 7) is 0. The van der Waals surface area contributed by atoms with Gasteiger partial charge in [0.2, 0.25) is 0 Å². The van der Waals surface area contributed by atoms with Crippen LogP contribution >= 0.6 is 0 Å². The molecule has 1 heterocycles. The van der Waals surface area contributed by atoms with Crippen LogP contribution in [0.4, 0.5) is 0 Å². The van der Waals surface area contributed by atoms with E-state index in [1.165, 1.54) is 32.1 Å². The Balaban J connectivity index is 1.54. The van der Waals surface area contributed by atoms with E-state index >= 15 is 0 Å².